The number of aliphatic hydroxyl groups excluding tert-OH is 1. The van der Waals surface area contributed by atoms with Gasteiger partial charge in [0.25, 0.3) is 0 Å². The summed E-state index contributed by atoms with van der Waals surface area (Å²) in [6, 6.07) is 0. The highest BCUT2D eigenvalue weighted by atomic mass is 32.2. The molecule has 7 aliphatic rings. The average molecular weight is 423 g/mol. The summed E-state index contributed by atoms with van der Waals surface area (Å²) in [5.74, 6) is 0.790. The minimum Gasteiger partial charge on any atom is -0.458 e. The monoisotopic (exact) mass is 422 g/mol. The molecule has 0 radical (unpaired) electrons. The summed E-state index contributed by atoms with van der Waals surface area (Å²) in [5, 5.41) is 11.4. The standard InChI is InChI=1S/C22H30O6S/c1-10(2)14-16(23)18-22(28-18)20(3)6-5-11-12(8-25-19(11)24)15(20)13-7-21(22,27-13)17(14)26-9-29-4/h10,13-18,23H,5-9H2,1-4H3. The van der Waals surface area contributed by atoms with Crippen molar-refractivity contribution in [1.29, 1.82) is 0 Å². The van der Waals surface area contributed by atoms with E-state index in [-0.39, 0.29) is 47.4 Å². The van der Waals surface area contributed by atoms with Crippen molar-refractivity contribution in [3.63, 3.8) is 0 Å². The summed E-state index contributed by atoms with van der Waals surface area (Å²) in [6.07, 6.45) is 3.57. The molecule has 9 atom stereocenters. The van der Waals surface area contributed by atoms with Gasteiger partial charge in [-0.3, -0.25) is 0 Å². The molecule has 0 amide bonds. The van der Waals surface area contributed by atoms with E-state index in [0.717, 1.165) is 30.4 Å². The van der Waals surface area contributed by atoms with Crippen LogP contribution in [0.4, 0.5) is 0 Å². The molecule has 29 heavy (non-hydrogen) atoms. The minimum absolute atomic E-state index is 0.0152. The maximum Gasteiger partial charge on any atom is 0.334 e. The largest absolute Gasteiger partial charge is 0.458 e. The van der Waals surface area contributed by atoms with Gasteiger partial charge in [-0.2, -0.15) is 0 Å². The first-order chi connectivity index (χ1) is 13.8. The zero-order valence-corrected chi connectivity index (χ0v) is 18.3. The van der Waals surface area contributed by atoms with Crippen molar-refractivity contribution in [2.75, 3.05) is 18.8 Å². The number of thioether (sulfide) groups is 1. The van der Waals surface area contributed by atoms with E-state index in [9.17, 15) is 9.90 Å². The molecule has 7 rings (SSSR count). The van der Waals surface area contributed by atoms with Crippen LogP contribution in [0.25, 0.3) is 0 Å². The van der Waals surface area contributed by atoms with E-state index in [4.69, 9.17) is 18.9 Å². The molecule has 6 nitrogen and oxygen atoms in total. The van der Waals surface area contributed by atoms with E-state index >= 15 is 0 Å². The fourth-order valence-electron chi connectivity index (χ4n) is 7.93. The van der Waals surface area contributed by atoms with E-state index < -0.39 is 17.3 Å². The maximum absolute atomic E-state index is 12.2. The van der Waals surface area contributed by atoms with Crippen molar-refractivity contribution in [3.05, 3.63) is 11.1 Å². The van der Waals surface area contributed by atoms with Gasteiger partial charge in [0, 0.05) is 29.2 Å². The number of ether oxygens (including phenoxy) is 4. The normalized spacial score (nSPS) is 54.2. The topological polar surface area (TPSA) is 77.5 Å². The third-order valence-electron chi connectivity index (χ3n) is 8.97. The Hall–Kier alpha value is -0.600. The lowest BCUT2D eigenvalue weighted by Crippen LogP contribution is -2.84. The zero-order chi connectivity index (χ0) is 20.3. The van der Waals surface area contributed by atoms with Crippen LogP contribution in [0.3, 0.4) is 0 Å². The van der Waals surface area contributed by atoms with Crippen LogP contribution >= 0.6 is 11.8 Å². The van der Waals surface area contributed by atoms with Crippen LogP contribution in [-0.2, 0) is 23.7 Å². The van der Waals surface area contributed by atoms with Gasteiger partial charge in [0.1, 0.15) is 23.9 Å². The summed E-state index contributed by atoms with van der Waals surface area (Å²) in [7, 11) is 0. The Bertz CT molecular complexity index is 803. The molecule has 9 unspecified atom stereocenters. The highest BCUT2D eigenvalue weighted by molar-refractivity contribution is 7.98. The number of aliphatic hydroxyl groups is 1. The molecule has 4 heterocycles. The fourth-order valence-corrected chi connectivity index (χ4v) is 8.21. The van der Waals surface area contributed by atoms with Crippen LogP contribution in [-0.4, -0.2) is 65.5 Å². The van der Waals surface area contributed by atoms with Crippen LogP contribution in [0.15, 0.2) is 11.1 Å². The predicted molar refractivity (Wildman–Crippen MR) is 106 cm³/mol. The Morgan fingerprint density at radius 2 is 2.10 bits per heavy atom. The van der Waals surface area contributed by atoms with Gasteiger partial charge in [0.15, 0.2) is 0 Å². The third-order valence-corrected chi connectivity index (χ3v) is 9.34. The first-order valence-electron chi connectivity index (χ1n) is 10.9. The summed E-state index contributed by atoms with van der Waals surface area (Å²) >= 11 is 1.65. The van der Waals surface area contributed by atoms with Crippen molar-refractivity contribution < 1.29 is 28.8 Å². The minimum atomic E-state index is -0.567. The van der Waals surface area contributed by atoms with Gasteiger partial charge in [0.05, 0.1) is 24.3 Å². The Labute approximate surface area is 175 Å². The van der Waals surface area contributed by atoms with Gasteiger partial charge < -0.3 is 24.1 Å². The van der Waals surface area contributed by atoms with E-state index in [1.165, 1.54) is 0 Å². The summed E-state index contributed by atoms with van der Waals surface area (Å²) in [5.41, 5.74) is 0.745. The molecule has 0 aromatic rings. The highest BCUT2D eigenvalue weighted by Crippen LogP contribution is 2.79. The van der Waals surface area contributed by atoms with Gasteiger partial charge >= 0.3 is 5.97 Å². The smallest absolute Gasteiger partial charge is 0.334 e. The van der Waals surface area contributed by atoms with Crippen molar-refractivity contribution >= 4 is 17.7 Å². The van der Waals surface area contributed by atoms with E-state index in [1.807, 2.05) is 6.26 Å². The molecule has 3 saturated heterocycles. The van der Waals surface area contributed by atoms with Gasteiger partial charge in [-0.15, -0.1) is 11.8 Å². The molecular formula is C22H30O6S. The lowest BCUT2D eigenvalue weighted by atomic mass is 9.41. The van der Waals surface area contributed by atoms with E-state index in [0.29, 0.717) is 12.5 Å². The maximum atomic E-state index is 12.2. The SMILES string of the molecule is CSCOC1C(C(C)C)C(O)C2OC23C2(C)CCC4=C(COC4=O)C2C2CC13O2. The number of hydrogen-bond acceptors (Lipinski definition) is 7. The van der Waals surface area contributed by atoms with Gasteiger partial charge in [0.2, 0.25) is 0 Å². The lowest BCUT2D eigenvalue weighted by Gasteiger charge is -2.71. The first-order valence-corrected chi connectivity index (χ1v) is 12.2. The average Bonchev–Trinajstić information content (AvgIpc) is 3.31. The number of epoxide rings is 1. The van der Waals surface area contributed by atoms with Gasteiger partial charge in [-0.1, -0.05) is 20.8 Å². The van der Waals surface area contributed by atoms with Crippen LogP contribution < -0.4 is 0 Å². The van der Waals surface area contributed by atoms with Crippen molar-refractivity contribution in [2.24, 2.45) is 23.2 Å². The molecule has 160 valence electrons. The van der Waals surface area contributed by atoms with Crippen molar-refractivity contribution in [3.8, 4) is 0 Å². The Morgan fingerprint density at radius 1 is 1.34 bits per heavy atom. The Balaban J connectivity index is 1.46. The van der Waals surface area contributed by atoms with Crippen LogP contribution in [0, 0.1) is 23.2 Å². The second-order valence-electron chi connectivity index (χ2n) is 10.3. The molecule has 0 aromatic heterocycles. The first kappa shape index (κ1) is 19.1. The predicted octanol–water partition coefficient (Wildman–Crippen LogP) is 2.29. The molecule has 0 aromatic carbocycles. The molecule has 3 aliphatic carbocycles. The fraction of sp³-hybridized carbons (Fsp3) is 0.864. The molecule has 2 bridgehead atoms. The van der Waals surface area contributed by atoms with E-state index in [1.54, 1.807) is 11.8 Å². The highest BCUT2D eigenvalue weighted by Gasteiger charge is 2.92. The van der Waals surface area contributed by atoms with Crippen LogP contribution in [0.5, 0.6) is 0 Å². The summed E-state index contributed by atoms with van der Waals surface area (Å²) in [4.78, 5) is 12.2. The number of cyclic esters (lactones) is 1. The number of rotatable bonds is 4. The van der Waals surface area contributed by atoms with E-state index in [2.05, 4.69) is 20.8 Å². The molecule has 7 heteroatoms. The molecule has 2 saturated carbocycles. The van der Waals surface area contributed by atoms with Crippen LogP contribution in [0.1, 0.15) is 40.0 Å². The second kappa shape index (κ2) is 5.80. The number of esters is 1. The quantitative estimate of drug-likeness (QED) is 0.423. The van der Waals surface area contributed by atoms with Crippen molar-refractivity contribution in [2.45, 2.75) is 75.7 Å². The van der Waals surface area contributed by atoms with Crippen molar-refractivity contribution in [1.82, 2.24) is 0 Å². The number of carbonyl (C=O) groups is 1. The number of carbonyl (C=O) groups excluding carboxylic acids is 1. The van der Waals surface area contributed by atoms with Crippen LogP contribution in [0.2, 0.25) is 0 Å². The molecule has 1 N–H and O–H groups in total. The van der Waals surface area contributed by atoms with Gasteiger partial charge in [-0.05, 0) is 30.6 Å². The third kappa shape index (κ3) is 1.94. The second-order valence-corrected chi connectivity index (χ2v) is 11.1. The molecule has 5 fully saturated rings. The Kier molecular flexibility index (Phi) is 3.82. The zero-order valence-electron chi connectivity index (χ0n) is 17.5. The number of hydrogen-bond donors (Lipinski definition) is 1. The molecule has 4 aliphatic heterocycles. The molecular weight excluding hydrogens is 392 g/mol. The van der Waals surface area contributed by atoms with Gasteiger partial charge in [-0.25, -0.2) is 4.79 Å². The Morgan fingerprint density at radius 3 is 2.79 bits per heavy atom. The summed E-state index contributed by atoms with van der Waals surface area (Å²) in [6.45, 7) is 6.98. The lowest BCUT2D eigenvalue weighted by molar-refractivity contribution is -0.376. The molecule has 2 spiro atoms. The summed E-state index contributed by atoms with van der Waals surface area (Å²) < 4.78 is 25.1.